The molecule has 0 aliphatic rings. The number of hydrogen-bond donors (Lipinski definition) is 2. The van der Waals surface area contributed by atoms with Crippen molar-refractivity contribution < 1.29 is 9.59 Å². The smallest absolute Gasteiger partial charge is 0.217 e. The largest absolute Gasteiger partial charge is 0.370 e. The fourth-order valence-electron chi connectivity index (χ4n) is 1.60. The summed E-state index contributed by atoms with van der Waals surface area (Å²) in [6.07, 6.45) is 0.693. The van der Waals surface area contributed by atoms with E-state index in [1.54, 1.807) is 0 Å². The maximum Gasteiger partial charge on any atom is 0.217 e. The normalized spacial score (nSPS) is 14.5. The van der Waals surface area contributed by atoms with Gasteiger partial charge >= 0.3 is 0 Å². The van der Waals surface area contributed by atoms with Crippen molar-refractivity contribution in [3.63, 3.8) is 0 Å². The van der Waals surface area contributed by atoms with Gasteiger partial charge in [0.2, 0.25) is 5.91 Å². The van der Waals surface area contributed by atoms with Gasteiger partial charge in [0.25, 0.3) is 0 Å². The number of amides is 1. The van der Waals surface area contributed by atoms with Crippen molar-refractivity contribution in [2.75, 3.05) is 0 Å². The van der Waals surface area contributed by atoms with E-state index < -0.39 is 5.41 Å². The summed E-state index contributed by atoms with van der Waals surface area (Å²) in [5.41, 5.74) is 4.56. The first-order valence-electron chi connectivity index (χ1n) is 6.04. The van der Waals surface area contributed by atoms with Gasteiger partial charge in [-0.25, -0.2) is 0 Å². The van der Waals surface area contributed by atoms with E-state index in [1.165, 1.54) is 0 Å². The predicted molar refractivity (Wildman–Crippen MR) is 69.6 cm³/mol. The van der Waals surface area contributed by atoms with Crippen LogP contribution in [0.15, 0.2) is 0 Å². The van der Waals surface area contributed by atoms with Crippen LogP contribution >= 0.6 is 0 Å². The highest BCUT2D eigenvalue weighted by atomic mass is 16.1. The molecular formula is C13H26N2O2. The van der Waals surface area contributed by atoms with Crippen molar-refractivity contribution in [2.45, 2.75) is 66.0 Å². The maximum atomic E-state index is 12.2. The van der Waals surface area contributed by atoms with Gasteiger partial charge in [-0.3, -0.25) is 9.59 Å². The number of primary amides is 1. The van der Waals surface area contributed by atoms with E-state index in [2.05, 4.69) is 5.32 Å². The van der Waals surface area contributed by atoms with Crippen LogP contribution in [-0.2, 0) is 9.59 Å². The lowest BCUT2D eigenvalue weighted by molar-refractivity contribution is -0.129. The summed E-state index contributed by atoms with van der Waals surface area (Å²) < 4.78 is 0. The van der Waals surface area contributed by atoms with E-state index in [4.69, 9.17) is 5.73 Å². The number of rotatable bonds is 5. The Kier molecular flexibility index (Phi) is 5.33. The number of Topliss-reactive ketones (excluding diaryl/α,β-unsaturated/α-hetero) is 1. The first-order valence-corrected chi connectivity index (χ1v) is 6.04. The average molecular weight is 242 g/mol. The van der Waals surface area contributed by atoms with E-state index in [-0.39, 0.29) is 29.7 Å². The topological polar surface area (TPSA) is 72.2 Å². The second-order valence-electron chi connectivity index (χ2n) is 6.57. The number of carbonyl (C=O) groups excluding carboxylic acids is 2. The molecule has 0 saturated heterocycles. The van der Waals surface area contributed by atoms with Gasteiger partial charge in [-0.1, -0.05) is 20.8 Å². The maximum absolute atomic E-state index is 12.2. The SMILES string of the molecule is CC(C)(C)N[C@H](CCC(N)=O)C(=O)C(C)(C)C. The summed E-state index contributed by atoms with van der Waals surface area (Å²) in [4.78, 5) is 23.1. The second kappa shape index (κ2) is 5.63. The Morgan fingerprint density at radius 3 is 1.88 bits per heavy atom. The Labute approximate surface area is 104 Å². The molecule has 0 unspecified atom stereocenters. The van der Waals surface area contributed by atoms with Crippen LogP contribution < -0.4 is 11.1 Å². The Hall–Kier alpha value is -0.900. The Bertz CT molecular complexity index is 285. The first kappa shape index (κ1) is 16.1. The van der Waals surface area contributed by atoms with Gasteiger partial charge in [0.1, 0.15) is 0 Å². The minimum absolute atomic E-state index is 0.119. The van der Waals surface area contributed by atoms with Gasteiger partial charge in [0.05, 0.1) is 6.04 Å². The molecule has 0 radical (unpaired) electrons. The monoisotopic (exact) mass is 242 g/mol. The molecule has 0 saturated carbocycles. The highest BCUT2D eigenvalue weighted by molar-refractivity contribution is 5.89. The van der Waals surface area contributed by atoms with Crippen molar-refractivity contribution in [3.8, 4) is 0 Å². The Morgan fingerprint density at radius 2 is 1.59 bits per heavy atom. The quantitative estimate of drug-likeness (QED) is 0.769. The molecule has 0 aromatic rings. The summed E-state index contributed by atoms with van der Waals surface area (Å²) in [5, 5.41) is 3.26. The highest BCUT2D eigenvalue weighted by Gasteiger charge is 2.31. The number of nitrogens with two attached hydrogens (primary N) is 1. The molecular weight excluding hydrogens is 216 g/mol. The third kappa shape index (κ3) is 7.10. The molecule has 17 heavy (non-hydrogen) atoms. The molecule has 0 aliphatic carbocycles. The van der Waals surface area contributed by atoms with E-state index in [0.717, 1.165) is 0 Å². The second-order valence-corrected chi connectivity index (χ2v) is 6.57. The molecule has 0 aromatic heterocycles. The molecule has 0 bridgehead atoms. The number of ketones is 1. The van der Waals surface area contributed by atoms with Gasteiger partial charge in [-0.2, -0.15) is 0 Å². The molecule has 100 valence electrons. The first-order chi connectivity index (χ1) is 7.43. The van der Waals surface area contributed by atoms with Crippen molar-refractivity contribution in [1.82, 2.24) is 5.32 Å². The van der Waals surface area contributed by atoms with Crippen molar-refractivity contribution in [3.05, 3.63) is 0 Å². The van der Waals surface area contributed by atoms with Crippen molar-refractivity contribution >= 4 is 11.7 Å². The number of nitrogens with one attached hydrogen (secondary N) is 1. The average Bonchev–Trinajstić information content (AvgIpc) is 2.07. The fourth-order valence-corrected chi connectivity index (χ4v) is 1.60. The summed E-state index contributed by atoms with van der Waals surface area (Å²) in [6.45, 7) is 11.7. The Balaban J connectivity index is 4.73. The lowest BCUT2D eigenvalue weighted by Crippen LogP contribution is -2.51. The minimum atomic E-state index is -0.416. The van der Waals surface area contributed by atoms with Crippen LogP contribution in [0.25, 0.3) is 0 Å². The fraction of sp³-hybridized carbons (Fsp3) is 0.846. The number of carbonyl (C=O) groups is 2. The summed E-state index contributed by atoms with van der Waals surface area (Å²) in [5.74, 6) is -0.249. The molecule has 0 heterocycles. The van der Waals surface area contributed by atoms with Crippen LogP contribution in [0.5, 0.6) is 0 Å². The summed E-state index contributed by atoms with van der Waals surface area (Å²) in [6, 6.07) is -0.317. The molecule has 1 atom stereocenters. The van der Waals surface area contributed by atoms with Crippen LogP contribution in [0.3, 0.4) is 0 Å². The molecule has 0 fully saturated rings. The third-order valence-corrected chi connectivity index (χ3v) is 2.34. The van der Waals surface area contributed by atoms with Crippen molar-refractivity contribution in [1.29, 1.82) is 0 Å². The molecule has 3 N–H and O–H groups in total. The van der Waals surface area contributed by atoms with Gasteiger partial charge < -0.3 is 11.1 Å². The lowest BCUT2D eigenvalue weighted by Gasteiger charge is -2.31. The summed E-state index contributed by atoms with van der Waals surface area (Å²) in [7, 11) is 0. The Morgan fingerprint density at radius 1 is 1.12 bits per heavy atom. The standard InChI is InChI=1S/C13H26N2O2/c1-12(2,3)11(17)9(7-8-10(14)16)15-13(4,5)6/h9,15H,7-8H2,1-6H3,(H2,14,16)/t9-/m1/s1. The van der Waals surface area contributed by atoms with E-state index >= 15 is 0 Å². The van der Waals surface area contributed by atoms with E-state index in [1.807, 2.05) is 41.5 Å². The van der Waals surface area contributed by atoms with Crippen LogP contribution in [0.1, 0.15) is 54.4 Å². The van der Waals surface area contributed by atoms with Gasteiger partial charge in [-0.15, -0.1) is 0 Å². The van der Waals surface area contributed by atoms with E-state index in [0.29, 0.717) is 6.42 Å². The van der Waals surface area contributed by atoms with Crippen LogP contribution in [0.2, 0.25) is 0 Å². The van der Waals surface area contributed by atoms with Crippen LogP contribution in [0, 0.1) is 5.41 Å². The van der Waals surface area contributed by atoms with E-state index in [9.17, 15) is 9.59 Å². The molecule has 4 heteroatoms. The van der Waals surface area contributed by atoms with Crippen molar-refractivity contribution in [2.24, 2.45) is 11.1 Å². The molecule has 0 aliphatic heterocycles. The molecule has 4 nitrogen and oxygen atoms in total. The zero-order valence-corrected chi connectivity index (χ0v) is 11.9. The minimum Gasteiger partial charge on any atom is -0.370 e. The molecule has 0 rings (SSSR count). The number of hydrogen-bond acceptors (Lipinski definition) is 3. The van der Waals surface area contributed by atoms with Crippen LogP contribution in [0.4, 0.5) is 0 Å². The summed E-state index contributed by atoms with van der Waals surface area (Å²) >= 11 is 0. The highest BCUT2D eigenvalue weighted by Crippen LogP contribution is 2.20. The van der Waals surface area contributed by atoms with Gasteiger partial charge in [0, 0.05) is 17.4 Å². The predicted octanol–water partition coefficient (Wildman–Crippen LogP) is 1.62. The zero-order valence-electron chi connectivity index (χ0n) is 11.9. The third-order valence-electron chi connectivity index (χ3n) is 2.34. The van der Waals surface area contributed by atoms with Gasteiger partial charge in [0.15, 0.2) is 5.78 Å². The van der Waals surface area contributed by atoms with Gasteiger partial charge in [-0.05, 0) is 27.2 Å². The lowest BCUT2D eigenvalue weighted by atomic mass is 9.84. The molecule has 1 amide bonds. The molecule has 0 spiro atoms. The van der Waals surface area contributed by atoms with Crippen LogP contribution in [-0.4, -0.2) is 23.3 Å². The molecule has 0 aromatic carbocycles. The zero-order chi connectivity index (χ0) is 13.9.